The van der Waals surface area contributed by atoms with E-state index in [1.54, 1.807) is 0 Å². The lowest BCUT2D eigenvalue weighted by Gasteiger charge is -2.16. The van der Waals surface area contributed by atoms with E-state index in [0.29, 0.717) is 0 Å². The van der Waals surface area contributed by atoms with E-state index >= 15 is 0 Å². The van der Waals surface area contributed by atoms with Crippen molar-refractivity contribution in [3.05, 3.63) is 12.7 Å². The normalized spacial score (nSPS) is 47.8. The number of fused-ring (bicyclic) bond motifs is 2. The highest BCUT2D eigenvalue weighted by atomic mass is 14.4. The van der Waals surface area contributed by atoms with E-state index in [1.807, 2.05) is 0 Å². The zero-order chi connectivity index (χ0) is 6.27. The molecule has 2 saturated carbocycles. The Morgan fingerprint density at radius 2 is 2.11 bits per heavy atom. The number of hydrogen-bond acceptors (Lipinski definition) is 0. The van der Waals surface area contributed by atoms with Gasteiger partial charge in [-0.25, -0.2) is 0 Å². The maximum absolute atomic E-state index is 3.86. The first-order chi connectivity index (χ1) is 4.40. The van der Waals surface area contributed by atoms with Gasteiger partial charge in [0.15, 0.2) is 0 Å². The summed E-state index contributed by atoms with van der Waals surface area (Å²) in [6, 6.07) is 0. The van der Waals surface area contributed by atoms with Gasteiger partial charge in [0.05, 0.1) is 0 Å². The number of allylic oxidation sites excluding steroid dienone is 1. The molecule has 9 heavy (non-hydrogen) atoms. The molecule has 50 valence electrons. The van der Waals surface area contributed by atoms with Gasteiger partial charge in [0, 0.05) is 0 Å². The van der Waals surface area contributed by atoms with Gasteiger partial charge in [0.25, 0.3) is 0 Å². The first kappa shape index (κ1) is 5.52. The van der Waals surface area contributed by atoms with Crippen molar-refractivity contribution in [2.24, 2.45) is 17.8 Å². The summed E-state index contributed by atoms with van der Waals surface area (Å²) in [7, 11) is 0. The minimum absolute atomic E-state index is 0.892. The van der Waals surface area contributed by atoms with E-state index in [-0.39, 0.29) is 0 Å². The molecule has 0 amide bonds. The van der Waals surface area contributed by atoms with Gasteiger partial charge in [-0.15, -0.1) is 6.58 Å². The fraction of sp³-hybridized carbons (Fsp3) is 0.778. The molecule has 0 saturated heterocycles. The molecule has 0 N–H and O–H groups in total. The Morgan fingerprint density at radius 1 is 1.22 bits per heavy atom. The zero-order valence-electron chi connectivity index (χ0n) is 5.84. The van der Waals surface area contributed by atoms with Crippen LogP contribution in [0.2, 0.25) is 0 Å². The summed E-state index contributed by atoms with van der Waals surface area (Å²) in [6.07, 6.45) is 8.13. The first-order valence-electron chi connectivity index (χ1n) is 4.02. The SMILES string of the molecule is C=C[C@H]1C[C@@H]2CC[C@H]1C2. The van der Waals surface area contributed by atoms with Crippen LogP contribution in [0.1, 0.15) is 25.7 Å². The zero-order valence-corrected chi connectivity index (χ0v) is 5.84. The summed E-state index contributed by atoms with van der Waals surface area (Å²) >= 11 is 0. The van der Waals surface area contributed by atoms with Crippen molar-refractivity contribution in [2.75, 3.05) is 0 Å². The van der Waals surface area contributed by atoms with Gasteiger partial charge in [-0.2, -0.15) is 0 Å². The van der Waals surface area contributed by atoms with E-state index < -0.39 is 0 Å². The average Bonchev–Trinajstić information content (AvgIpc) is 2.45. The lowest BCUT2D eigenvalue weighted by atomic mass is 9.89. The summed E-state index contributed by atoms with van der Waals surface area (Å²) in [5, 5.41) is 0. The molecule has 0 heteroatoms. The predicted octanol–water partition coefficient (Wildman–Crippen LogP) is 2.61. The highest BCUT2D eigenvalue weighted by molar-refractivity contribution is 4.97. The van der Waals surface area contributed by atoms with Crippen molar-refractivity contribution in [3.8, 4) is 0 Å². The minimum Gasteiger partial charge on any atom is -0.103 e. The molecule has 2 bridgehead atoms. The maximum Gasteiger partial charge on any atom is -0.0205 e. The summed E-state index contributed by atoms with van der Waals surface area (Å²) in [4.78, 5) is 0. The largest absolute Gasteiger partial charge is 0.103 e. The Morgan fingerprint density at radius 3 is 2.44 bits per heavy atom. The van der Waals surface area contributed by atoms with Crippen LogP contribution in [0.4, 0.5) is 0 Å². The van der Waals surface area contributed by atoms with Crippen molar-refractivity contribution >= 4 is 0 Å². The third-order valence-electron chi connectivity index (χ3n) is 3.10. The lowest BCUT2D eigenvalue weighted by Crippen LogP contribution is -2.06. The van der Waals surface area contributed by atoms with E-state index in [2.05, 4.69) is 12.7 Å². The van der Waals surface area contributed by atoms with Crippen LogP contribution < -0.4 is 0 Å². The van der Waals surface area contributed by atoms with Gasteiger partial charge >= 0.3 is 0 Å². The van der Waals surface area contributed by atoms with Crippen LogP contribution in [-0.4, -0.2) is 0 Å². The van der Waals surface area contributed by atoms with Gasteiger partial charge in [0.2, 0.25) is 0 Å². The molecule has 3 atom stereocenters. The molecule has 2 aliphatic carbocycles. The van der Waals surface area contributed by atoms with Gasteiger partial charge in [-0.05, 0) is 37.0 Å². The van der Waals surface area contributed by atoms with E-state index in [0.717, 1.165) is 17.8 Å². The minimum atomic E-state index is 0.892. The second-order valence-corrected chi connectivity index (χ2v) is 3.57. The Balaban J connectivity index is 2.09. The molecule has 0 heterocycles. The van der Waals surface area contributed by atoms with Crippen molar-refractivity contribution in [2.45, 2.75) is 25.7 Å². The standard InChI is InChI=1S/C9H14/c1-2-8-5-7-3-4-9(8)6-7/h2,7-9H,1,3-6H2/t7-,8-,9-/m0/s1. The second-order valence-electron chi connectivity index (χ2n) is 3.57. The molecule has 0 aliphatic heterocycles. The molecule has 0 nitrogen and oxygen atoms in total. The Labute approximate surface area is 57.0 Å². The molecular formula is C9H14. The Bertz CT molecular complexity index is 126. The molecule has 0 unspecified atom stereocenters. The topological polar surface area (TPSA) is 0 Å². The molecule has 2 rings (SSSR count). The smallest absolute Gasteiger partial charge is 0.0205 e. The van der Waals surface area contributed by atoms with Crippen molar-refractivity contribution in [1.29, 1.82) is 0 Å². The molecular weight excluding hydrogens is 108 g/mol. The monoisotopic (exact) mass is 122 g/mol. The van der Waals surface area contributed by atoms with Crippen LogP contribution >= 0.6 is 0 Å². The third kappa shape index (κ3) is 0.726. The first-order valence-corrected chi connectivity index (χ1v) is 4.02. The van der Waals surface area contributed by atoms with Crippen LogP contribution in [0.15, 0.2) is 12.7 Å². The highest BCUT2D eigenvalue weighted by Crippen LogP contribution is 2.48. The van der Waals surface area contributed by atoms with E-state index in [9.17, 15) is 0 Å². The van der Waals surface area contributed by atoms with Crippen LogP contribution in [0.25, 0.3) is 0 Å². The molecule has 0 spiro atoms. The summed E-state index contributed by atoms with van der Waals surface area (Å²) in [5.41, 5.74) is 0. The lowest BCUT2D eigenvalue weighted by molar-refractivity contribution is 0.395. The van der Waals surface area contributed by atoms with Crippen LogP contribution in [0.5, 0.6) is 0 Å². The fourth-order valence-electron chi connectivity index (χ4n) is 2.58. The van der Waals surface area contributed by atoms with E-state index in [4.69, 9.17) is 0 Å². The van der Waals surface area contributed by atoms with Gasteiger partial charge < -0.3 is 0 Å². The second kappa shape index (κ2) is 1.86. The van der Waals surface area contributed by atoms with Gasteiger partial charge in [-0.3, -0.25) is 0 Å². The van der Waals surface area contributed by atoms with Crippen molar-refractivity contribution < 1.29 is 0 Å². The molecule has 2 aliphatic rings. The Kier molecular flexibility index (Phi) is 1.14. The predicted molar refractivity (Wildman–Crippen MR) is 39.1 cm³/mol. The van der Waals surface area contributed by atoms with Gasteiger partial charge in [0.1, 0.15) is 0 Å². The highest BCUT2D eigenvalue weighted by Gasteiger charge is 2.37. The van der Waals surface area contributed by atoms with Crippen molar-refractivity contribution in [1.82, 2.24) is 0 Å². The summed E-state index contributed by atoms with van der Waals surface area (Å²) in [5.74, 6) is 3.01. The molecule has 0 aromatic rings. The molecule has 2 fully saturated rings. The van der Waals surface area contributed by atoms with E-state index in [1.165, 1.54) is 25.7 Å². The molecule has 0 radical (unpaired) electrons. The number of hydrogen-bond donors (Lipinski definition) is 0. The van der Waals surface area contributed by atoms with Crippen LogP contribution in [0.3, 0.4) is 0 Å². The average molecular weight is 122 g/mol. The fourth-order valence-corrected chi connectivity index (χ4v) is 2.58. The maximum atomic E-state index is 3.86. The third-order valence-corrected chi connectivity index (χ3v) is 3.10. The Hall–Kier alpha value is -0.260. The van der Waals surface area contributed by atoms with Crippen LogP contribution in [-0.2, 0) is 0 Å². The molecule has 0 aromatic carbocycles. The summed E-state index contributed by atoms with van der Waals surface area (Å²) < 4.78 is 0. The molecule has 0 aromatic heterocycles. The van der Waals surface area contributed by atoms with Crippen LogP contribution in [0, 0.1) is 17.8 Å². The summed E-state index contributed by atoms with van der Waals surface area (Å²) in [6.45, 7) is 3.86. The van der Waals surface area contributed by atoms with Gasteiger partial charge in [-0.1, -0.05) is 12.5 Å². The quantitative estimate of drug-likeness (QED) is 0.469. The van der Waals surface area contributed by atoms with Crippen molar-refractivity contribution in [3.63, 3.8) is 0 Å². The number of rotatable bonds is 1.